The van der Waals surface area contributed by atoms with Crippen LogP contribution in [0.2, 0.25) is 0 Å². The Kier molecular flexibility index (Phi) is 5.36. The number of anilines is 1. The normalized spacial score (nSPS) is 19.4. The first kappa shape index (κ1) is 19.8. The Morgan fingerprint density at radius 2 is 1.93 bits per heavy atom. The molecule has 3 rings (SSSR count). The van der Waals surface area contributed by atoms with Crippen molar-refractivity contribution in [1.82, 2.24) is 4.90 Å². The third kappa shape index (κ3) is 4.65. The van der Waals surface area contributed by atoms with Crippen molar-refractivity contribution in [2.75, 3.05) is 18.4 Å². The maximum Gasteiger partial charge on any atom is 0.416 e. The molecule has 148 valence electrons. The zero-order valence-corrected chi connectivity index (χ0v) is 15.4. The third-order valence-corrected chi connectivity index (χ3v) is 4.62. The van der Waals surface area contributed by atoms with E-state index in [0.717, 1.165) is 12.1 Å². The lowest BCUT2D eigenvalue weighted by molar-refractivity contribution is -0.137. The Hall–Kier alpha value is -2.96. The lowest BCUT2D eigenvalue weighted by atomic mass is 10.0. The summed E-state index contributed by atoms with van der Waals surface area (Å²) < 4.78 is 45.7. The summed E-state index contributed by atoms with van der Waals surface area (Å²) in [7, 11) is 0. The van der Waals surface area contributed by atoms with E-state index < -0.39 is 17.3 Å². The van der Waals surface area contributed by atoms with Crippen molar-refractivity contribution in [2.24, 2.45) is 0 Å². The number of benzene rings is 2. The Morgan fingerprint density at radius 3 is 2.57 bits per heavy atom. The number of halogens is 3. The van der Waals surface area contributed by atoms with E-state index in [4.69, 9.17) is 4.74 Å². The van der Waals surface area contributed by atoms with Gasteiger partial charge in [-0.2, -0.15) is 13.2 Å². The molecular weight excluding hydrogens is 369 g/mol. The monoisotopic (exact) mass is 390 g/mol. The fourth-order valence-electron chi connectivity index (χ4n) is 3.25. The van der Waals surface area contributed by atoms with E-state index in [0.29, 0.717) is 25.3 Å². The van der Waals surface area contributed by atoms with Crippen molar-refractivity contribution in [3.8, 4) is 11.5 Å². The molecule has 1 atom stereocenters. The fraction of sp³-hybridized carbons (Fsp3) is 0.286. The minimum absolute atomic E-state index is 0.0872. The van der Waals surface area contributed by atoms with Crippen LogP contribution in [-0.2, 0) is 11.0 Å². The average Bonchev–Trinajstić information content (AvgIpc) is 3.02. The third-order valence-electron chi connectivity index (χ3n) is 4.62. The SMILES string of the molecule is C=CC(=O)N1CCC(C)(Nc2cc(Oc3ccccc3)cc(C(F)(F)F)c2)C1. The van der Waals surface area contributed by atoms with Gasteiger partial charge in [0, 0.05) is 24.8 Å². The number of ether oxygens (including phenoxy) is 1. The lowest BCUT2D eigenvalue weighted by Gasteiger charge is -2.28. The molecule has 1 N–H and O–H groups in total. The predicted octanol–water partition coefficient (Wildman–Crippen LogP) is 5.09. The van der Waals surface area contributed by atoms with Gasteiger partial charge in [0.1, 0.15) is 11.5 Å². The maximum atomic E-state index is 13.4. The molecule has 0 saturated carbocycles. The molecule has 1 fully saturated rings. The van der Waals surface area contributed by atoms with E-state index in [9.17, 15) is 18.0 Å². The van der Waals surface area contributed by atoms with Crippen LogP contribution >= 0.6 is 0 Å². The zero-order valence-electron chi connectivity index (χ0n) is 15.4. The first-order valence-corrected chi connectivity index (χ1v) is 8.83. The number of carbonyl (C=O) groups excluding carboxylic acids is 1. The molecule has 0 spiro atoms. The number of amides is 1. The molecule has 1 amide bonds. The fourth-order valence-corrected chi connectivity index (χ4v) is 3.25. The number of rotatable bonds is 5. The molecule has 1 unspecified atom stereocenters. The largest absolute Gasteiger partial charge is 0.457 e. The van der Waals surface area contributed by atoms with Crippen molar-refractivity contribution in [3.05, 3.63) is 66.7 Å². The molecule has 4 nitrogen and oxygen atoms in total. The molecule has 0 aromatic heterocycles. The van der Waals surface area contributed by atoms with E-state index in [2.05, 4.69) is 11.9 Å². The van der Waals surface area contributed by atoms with Crippen LogP contribution in [0.5, 0.6) is 11.5 Å². The molecule has 2 aromatic carbocycles. The number of nitrogens with zero attached hydrogens (tertiary/aromatic N) is 1. The van der Waals surface area contributed by atoms with Gasteiger partial charge >= 0.3 is 6.18 Å². The minimum Gasteiger partial charge on any atom is -0.457 e. The number of hydrogen-bond acceptors (Lipinski definition) is 3. The summed E-state index contributed by atoms with van der Waals surface area (Å²) in [6.07, 6.45) is -2.66. The van der Waals surface area contributed by atoms with Gasteiger partial charge in [-0.3, -0.25) is 4.79 Å². The first-order chi connectivity index (χ1) is 13.2. The number of nitrogens with one attached hydrogen (secondary N) is 1. The summed E-state index contributed by atoms with van der Waals surface area (Å²) in [5, 5.41) is 3.16. The summed E-state index contributed by atoms with van der Waals surface area (Å²) in [5.74, 6) is 0.342. The zero-order chi connectivity index (χ0) is 20.4. The maximum absolute atomic E-state index is 13.4. The number of likely N-dealkylation sites (tertiary alicyclic amines) is 1. The van der Waals surface area contributed by atoms with Crippen LogP contribution in [0.25, 0.3) is 0 Å². The summed E-state index contributed by atoms with van der Waals surface area (Å²) in [4.78, 5) is 13.4. The quantitative estimate of drug-likeness (QED) is 0.724. The van der Waals surface area contributed by atoms with E-state index in [-0.39, 0.29) is 17.3 Å². The Labute approximate surface area is 161 Å². The molecule has 28 heavy (non-hydrogen) atoms. The van der Waals surface area contributed by atoms with Gasteiger partial charge in [0.05, 0.1) is 11.1 Å². The molecule has 0 bridgehead atoms. The molecule has 0 aliphatic carbocycles. The van der Waals surface area contributed by atoms with Crippen LogP contribution in [0.1, 0.15) is 18.9 Å². The van der Waals surface area contributed by atoms with Gasteiger partial charge in [0.2, 0.25) is 5.91 Å². The summed E-state index contributed by atoms with van der Waals surface area (Å²) in [5.41, 5.74) is -1.06. The van der Waals surface area contributed by atoms with Gasteiger partial charge in [0.25, 0.3) is 0 Å². The average molecular weight is 390 g/mol. The van der Waals surface area contributed by atoms with Crippen molar-refractivity contribution in [1.29, 1.82) is 0 Å². The number of hydrogen-bond donors (Lipinski definition) is 1. The van der Waals surface area contributed by atoms with Crippen LogP contribution in [-0.4, -0.2) is 29.4 Å². The molecule has 1 aliphatic heterocycles. The van der Waals surface area contributed by atoms with Gasteiger partial charge in [-0.15, -0.1) is 0 Å². The van der Waals surface area contributed by atoms with Gasteiger partial charge < -0.3 is 15.0 Å². The van der Waals surface area contributed by atoms with Crippen molar-refractivity contribution >= 4 is 11.6 Å². The Morgan fingerprint density at radius 1 is 1.21 bits per heavy atom. The van der Waals surface area contributed by atoms with Gasteiger partial charge in [-0.25, -0.2) is 0 Å². The summed E-state index contributed by atoms with van der Waals surface area (Å²) in [6.45, 7) is 6.24. The number of carbonyl (C=O) groups is 1. The second kappa shape index (κ2) is 7.58. The van der Waals surface area contributed by atoms with Crippen LogP contribution in [0.4, 0.5) is 18.9 Å². The molecule has 1 saturated heterocycles. The highest BCUT2D eigenvalue weighted by Crippen LogP contribution is 2.37. The highest BCUT2D eigenvalue weighted by atomic mass is 19.4. The predicted molar refractivity (Wildman–Crippen MR) is 101 cm³/mol. The standard InChI is InChI=1S/C21H21F3N2O2/c1-3-19(27)26-10-9-20(2,14-26)25-16-11-15(21(22,23)24)12-18(13-16)28-17-7-5-4-6-8-17/h3-8,11-13,25H,1,9-10,14H2,2H3. The number of alkyl halides is 3. The first-order valence-electron chi connectivity index (χ1n) is 8.83. The smallest absolute Gasteiger partial charge is 0.416 e. The van der Waals surface area contributed by atoms with Crippen LogP contribution in [0, 0.1) is 0 Å². The Bertz CT molecular complexity index is 868. The highest BCUT2D eigenvalue weighted by Gasteiger charge is 2.36. The molecule has 1 heterocycles. The van der Waals surface area contributed by atoms with E-state index in [1.807, 2.05) is 6.92 Å². The summed E-state index contributed by atoms with van der Waals surface area (Å²) in [6, 6.07) is 12.2. The van der Waals surface area contributed by atoms with E-state index in [1.165, 1.54) is 12.1 Å². The molecule has 7 heteroatoms. The topological polar surface area (TPSA) is 41.6 Å². The van der Waals surface area contributed by atoms with E-state index >= 15 is 0 Å². The molecule has 2 aromatic rings. The molecular formula is C21H21F3N2O2. The van der Waals surface area contributed by atoms with E-state index in [1.54, 1.807) is 35.2 Å². The molecule has 0 radical (unpaired) electrons. The summed E-state index contributed by atoms with van der Waals surface area (Å²) >= 11 is 0. The second-order valence-corrected chi connectivity index (χ2v) is 7.06. The molecule has 1 aliphatic rings. The van der Waals surface area contributed by atoms with Crippen molar-refractivity contribution in [3.63, 3.8) is 0 Å². The van der Waals surface area contributed by atoms with Gasteiger partial charge in [-0.05, 0) is 43.7 Å². The van der Waals surface area contributed by atoms with Crippen molar-refractivity contribution < 1.29 is 22.7 Å². The van der Waals surface area contributed by atoms with Gasteiger partial charge in [0.15, 0.2) is 0 Å². The highest BCUT2D eigenvalue weighted by molar-refractivity contribution is 5.87. The minimum atomic E-state index is -4.51. The van der Waals surface area contributed by atoms with Crippen LogP contribution in [0.3, 0.4) is 0 Å². The second-order valence-electron chi connectivity index (χ2n) is 7.06. The number of para-hydroxylation sites is 1. The van der Waals surface area contributed by atoms with Crippen molar-refractivity contribution in [2.45, 2.75) is 25.1 Å². The van der Waals surface area contributed by atoms with Crippen LogP contribution < -0.4 is 10.1 Å². The Balaban J connectivity index is 1.86. The lowest BCUT2D eigenvalue weighted by Crippen LogP contribution is -2.39. The van der Waals surface area contributed by atoms with Gasteiger partial charge in [-0.1, -0.05) is 24.8 Å². The van der Waals surface area contributed by atoms with Crippen LogP contribution in [0.15, 0.2) is 61.2 Å².